The van der Waals surface area contributed by atoms with Crippen LogP contribution >= 0.6 is 11.8 Å². The summed E-state index contributed by atoms with van der Waals surface area (Å²) < 4.78 is 5.53. The van der Waals surface area contributed by atoms with Crippen molar-refractivity contribution in [3.63, 3.8) is 0 Å². The van der Waals surface area contributed by atoms with Crippen LogP contribution in [-0.4, -0.2) is 47.5 Å². The number of ether oxygens (including phenoxy) is 1. The Kier molecular flexibility index (Phi) is 6.11. The van der Waals surface area contributed by atoms with E-state index >= 15 is 0 Å². The molecule has 4 heteroatoms. The van der Waals surface area contributed by atoms with Gasteiger partial charge in [0.25, 0.3) is 0 Å². The molecule has 0 aromatic carbocycles. The molecule has 3 nitrogen and oxygen atoms in total. The molecule has 0 saturated carbocycles. The minimum absolute atomic E-state index is 0.0835. The highest BCUT2D eigenvalue weighted by Gasteiger charge is 2.16. The Hall–Kier alpha value is 0.230. The summed E-state index contributed by atoms with van der Waals surface area (Å²) in [5.74, 6) is 1.81. The molecule has 0 aromatic rings. The first-order valence-corrected chi connectivity index (χ1v) is 7.25. The lowest BCUT2D eigenvalue weighted by Gasteiger charge is -2.22. The summed E-state index contributed by atoms with van der Waals surface area (Å²) in [5.41, 5.74) is 0.0835. The van der Waals surface area contributed by atoms with Crippen molar-refractivity contribution in [1.29, 1.82) is 0 Å². The Balaban J connectivity index is 1.99. The van der Waals surface area contributed by atoms with Gasteiger partial charge in [-0.3, -0.25) is 0 Å². The minimum Gasteiger partial charge on any atom is -0.391 e. The summed E-state index contributed by atoms with van der Waals surface area (Å²) in [5, 5.41) is 13.1. The number of hydrogen-bond acceptors (Lipinski definition) is 4. The van der Waals surface area contributed by atoms with E-state index in [1.54, 1.807) is 11.8 Å². The maximum atomic E-state index is 9.76. The normalized spacial score (nSPS) is 23.6. The molecule has 96 valence electrons. The topological polar surface area (TPSA) is 41.5 Å². The molecular weight excluding hydrogens is 222 g/mol. The van der Waals surface area contributed by atoms with Gasteiger partial charge < -0.3 is 15.2 Å². The third-order valence-electron chi connectivity index (χ3n) is 2.51. The number of hydrogen-bond donors (Lipinski definition) is 2. The number of aliphatic hydroxyl groups excluding tert-OH is 1. The van der Waals surface area contributed by atoms with E-state index in [0.29, 0.717) is 12.6 Å². The molecule has 1 saturated heterocycles. The van der Waals surface area contributed by atoms with Crippen LogP contribution in [-0.2, 0) is 4.74 Å². The average molecular weight is 247 g/mol. The molecule has 0 spiro atoms. The second-order valence-corrected chi connectivity index (χ2v) is 6.53. The molecule has 0 radical (unpaired) electrons. The summed E-state index contributed by atoms with van der Waals surface area (Å²) in [6.45, 7) is 7.92. The fourth-order valence-corrected chi connectivity index (χ4v) is 2.65. The smallest absolute Gasteiger partial charge is 0.0755 e. The molecule has 2 atom stereocenters. The van der Waals surface area contributed by atoms with Gasteiger partial charge in [-0.15, -0.1) is 0 Å². The number of aliphatic hydroxyl groups is 1. The minimum atomic E-state index is -0.259. The quantitative estimate of drug-likeness (QED) is 0.749. The van der Waals surface area contributed by atoms with E-state index in [2.05, 4.69) is 26.1 Å². The second kappa shape index (κ2) is 6.84. The lowest BCUT2D eigenvalue weighted by molar-refractivity contribution is 0.128. The molecule has 0 aromatic heterocycles. The summed E-state index contributed by atoms with van der Waals surface area (Å²) in [6, 6.07) is 0. The Bertz CT molecular complexity index is 188. The molecule has 0 aliphatic carbocycles. The van der Waals surface area contributed by atoms with Crippen LogP contribution in [0.15, 0.2) is 0 Å². The van der Waals surface area contributed by atoms with Gasteiger partial charge >= 0.3 is 0 Å². The third kappa shape index (κ3) is 6.74. The zero-order valence-corrected chi connectivity index (χ0v) is 11.5. The highest BCUT2D eigenvalue weighted by atomic mass is 32.2. The zero-order chi connectivity index (χ0) is 12.0. The standard InChI is InChI=1S/C12H25NO2S/c1-12(2,3)13-7-10(14)8-16-9-11-5-4-6-15-11/h10-11,13-14H,4-9H2,1-3H3. The van der Waals surface area contributed by atoms with E-state index in [9.17, 15) is 5.11 Å². The van der Waals surface area contributed by atoms with Gasteiger partial charge in [0, 0.05) is 30.2 Å². The molecule has 0 bridgehead atoms. The van der Waals surface area contributed by atoms with E-state index in [-0.39, 0.29) is 11.6 Å². The SMILES string of the molecule is CC(C)(C)NCC(O)CSCC1CCCO1. The Morgan fingerprint density at radius 3 is 2.81 bits per heavy atom. The van der Waals surface area contributed by atoms with E-state index in [0.717, 1.165) is 18.1 Å². The van der Waals surface area contributed by atoms with Gasteiger partial charge in [0.1, 0.15) is 0 Å². The lowest BCUT2D eigenvalue weighted by atomic mass is 10.1. The van der Waals surface area contributed by atoms with Crippen molar-refractivity contribution in [1.82, 2.24) is 5.32 Å². The predicted molar refractivity (Wildman–Crippen MR) is 70.1 cm³/mol. The monoisotopic (exact) mass is 247 g/mol. The molecule has 1 aliphatic rings. The first kappa shape index (κ1) is 14.3. The highest BCUT2D eigenvalue weighted by Crippen LogP contribution is 2.17. The first-order valence-electron chi connectivity index (χ1n) is 6.10. The maximum Gasteiger partial charge on any atom is 0.0755 e. The molecule has 0 amide bonds. The van der Waals surface area contributed by atoms with Crippen LogP contribution in [0.5, 0.6) is 0 Å². The van der Waals surface area contributed by atoms with Gasteiger partial charge in [0.05, 0.1) is 12.2 Å². The molecule has 2 N–H and O–H groups in total. The fraction of sp³-hybridized carbons (Fsp3) is 1.00. The van der Waals surface area contributed by atoms with Crippen LogP contribution in [0.4, 0.5) is 0 Å². The fourth-order valence-electron chi connectivity index (χ4n) is 1.59. The van der Waals surface area contributed by atoms with E-state index in [4.69, 9.17) is 4.74 Å². The Morgan fingerprint density at radius 1 is 1.50 bits per heavy atom. The number of β-amino-alcohol motifs (C(OH)–C–C–N with tert-alkyl or cyclic N) is 1. The van der Waals surface area contributed by atoms with Gasteiger partial charge in [-0.05, 0) is 33.6 Å². The van der Waals surface area contributed by atoms with Crippen molar-refractivity contribution >= 4 is 11.8 Å². The highest BCUT2D eigenvalue weighted by molar-refractivity contribution is 7.99. The van der Waals surface area contributed by atoms with Crippen molar-refractivity contribution in [2.75, 3.05) is 24.7 Å². The van der Waals surface area contributed by atoms with Gasteiger partial charge in [-0.25, -0.2) is 0 Å². The summed E-state index contributed by atoms with van der Waals surface area (Å²) in [7, 11) is 0. The van der Waals surface area contributed by atoms with Gasteiger partial charge in [0.2, 0.25) is 0 Å². The predicted octanol–water partition coefficient (Wildman–Crippen LogP) is 1.65. The van der Waals surface area contributed by atoms with E-state index < -0.39 is 0 Å². The number of thioether (sulfide) groups is 1. The van der Waals surface area contributed by atoms with Crippen molar-refractivity contribution in [3.8, 4) is 0 Å². The first-order chi connectivity index (χ1) is 7.47. The van der Waals surface area contributed by atoms with E-state index in [1.807, 2.05) is 0 Å². The van der Waals surface area contributed by atoms with Crippen LogP contribution < -0.4 is 5.32 Å². The van der Waals surface area contributed by atoms with Gasteiger partial charge in [-0.2, -0.15) is 11.8 Å². The van der Waals surface area contributed by atoms with Crippen molar-refractivity contribution in [2.45, 2.75) is 51.4 Å². The molecule has 16 heavy (non-hydrogen) atoms. The van der Waals surface area contributed by atoms with Crippen LogP contribution in [0.25, 0.3) is 0 Å². The van der Waals surface area contributed by atoms with Crippen LogP contribution in [0.2, 0.25) is 0 Å². The van der Waals surface area contributed by atoms with Crippen molar-refractivity contribution in [3.05, 3.63) is 0 Å². The number of nitrogens with one attached hydrogen (secondary N) is 1. The Labute approximate surface area is 103 Å². The molecule has 1 aliphatic heterocycles. The lowest BCUT2D eigenvalue weighted by Crippen LogP contribution is -2.41. The van der Waals surface area contributed by atoms with Crippen LogP contribution in [0, 0.1) is 0 Å². The largest absolute Gasteiger partial charge is 0.391 e. The summed E-state index contributed by atoms with van der Waals surface area (Å²) in [4.78, 5) is 0. The molecule has 1 heterocycles. The summed E-state index contributed by atoms with van der Waals surface area (Å²) in [6.07, 6.45) is 2.54. The van der Waals surface area contributed by atoms with Crippen LogP contribution in [0.3, 0.4) is 0 Å². The van der Waals surface area contributed by atoms with Crippen molar-refractivity contribution in [2.24, 2.45) is 0 Å². The number of rotatable bonds is 6. The Morgan fingerprint density at radius 2 is 2.25 bits per heavy atom. The average Bonchev–Trinajstić information content (AvgIpc) is 2.66. The molecular formula is C12H25NO2S. The second-order valence-electron chi connectivity index (χ2n) is 5.46. The zero-order valence-electron chi connectivity index (χ0n) is 10.7. The van der Waals surface area contributed by atoms with E-state index in [1.165, 1.54) is 12.8 Å². The molecule has 1 rings (SSSR count). The van der Waals surface area contributed by atoms with Crippen molar-refractivity contribution < 1.29 is 9.84 Å². The third-order valence-corrected chi connectivity index (χ3v) is 3.73. The molecule has 1 fully saturated rings. The summed E-state index contributed by atoms with van der Waals surface area (Å²) >= 11 is 1.79. The molecule has 2 unspecified atom stereocenters. The van der Waals surface area contributed by atoms with Crippen LogP contribution in [0.1, 0.15) is 33.6 Å². The van der Waals surface area contributed by atoms with Gasteiger partial charge in [0.15, 0.2) is 0 Å². The van der Waals surface area contributed by atoms with Gasteiger partial charge in [-0.1, -0.05) is 0 Å². The maximum absolute atomic E-state index is 9.76.